The van der Waals surface area contributed by atoms with Crippen LogP contribution in [0.25, 0.3) is 0 Å². The molecule has 4 aliphatic rings. The van der Waals surface area contributed by atoms with Crippen LogP contribution in [-0.4, -0.2) is 42.1 Å². The number of ether oxygens (including phenoxy) is 1. The molecule has 4 aliphatic heterocycles. The zero-order valence-electron chi connectivity index (χ0n) is 6.56. The Hall–Kier alpha value is -0.120. The van der Waals surface area contributed by atoms with Gasteiger partial charge in [0.25, 0.3) is 0 Å². The summed E-state index contributed by atoms with van der Waals surface area (Å²) < 4.78 is 6.48. The first-order valence-corrected chi connectivity index (χ1v) is 4.49. The van der Waals surface area contributed by atoms with Crippen LogP contribution in [0, 0.1) is 0 Å². The van der Waals surface area contributed by atoms with Crippen molar-refractivity contribution < 1.29 is 14.2 Å². The SMILES string of the molecule is C[N+]12OC3C[C@H]1[C@H]1O[C@@H]1[C@@H]2C3. The zero-order chi connectivity index (χ0) is 7.22. The second-order valence-corrected chi connectivity index (χ2v) is 4.46. The fourth-order valence-electron chi connectivity index (χ4n) is 3.47. The molecule has 0 spiro atoms. The summed E-state index contributed by atoms with van der Waals surface area (Å²) in [5, 5.41) is 0. The molecule has 0 aromatic rings. The topological polar surface area (TPSA) is 21.8 Å². The molecule has 4 atom stereocenters. The van der Waals surface area contributed by atoms with Crippen molar-refractivity contribution in [3.8, 4) is 0 Å². The lowest BCUT2D eigenvalue weighted by molar-refractivity contribution is -1.09. The third-order valence-electron chi connectivity index (χ3n) is 4.02. The predicted octanol–water partition coefficient (Wildman–Crippen LogP) is 0.0588. The maximum atomic E-state index is 5.91. The van der Waals surface area contributed by atoms with E-state index in [-0.39, 0.29) is 0 Å². The number of rotatable bonds is 0. The van der Waals surface area contributed by atoms with E-state index >= 15 is 0 Å². The molecule has 4 rings (SSSR count). The van der Waals surface area contributed by atoms with Gasteiger partial charge in [0.1, 0.15) is 18.3 Å². The van der Waals surface area contributed by atoms with E-state index in [4.69, 9.17) is 9.57 Å². The fourth-order valence-corrected chi connectivity index (χ4v) is 3.47. The number of fused-ring (bicyclic) bond motifs is 4. The van der Waals surface area contributed by atoms with Crippen molar-refractivity contribution in [2.24, 2.45) is 0 Å². The van der Waals surface area contributed by atoms with Crippen molar-refractivity contribution in [3.05, 3.63) is 0 Å². The van der Waals surface area contributed by atoms with Gasteiger partial charge in [0, 0.05) is 12.8 Å². The largest absolute Gasteiger partial charge is 0.356 e. The molecule has 2 bridgehead atoms. The van der Waals surface area contributed by atoms with Crippen LogP contribution in [-0.2, 0) is 9.57 Å². The van der Waals surface area contributed by atoms with Crippen LogP contribution >= 0.6 is 0 Å². The van der Waals surface area contributed by atoms with Gasteiger partial charge in [-0.25, -0.2) is 0 Å². The van der Waals surface area contributed by atoms with Gasteiger partial charge in [-0.1, -0.05) is 0 Å². The first-order chi connectivity index (χ1) is 5.29. The highest BCUT2D eigenvalue weighted by Crippen LogP contribution is 2.58. The van der Waals surface area contributed by atoms with Crippen LogP contribution < -0.4 is 0 Å². The molecule has 0 aromatic carbocycles. The van der Waals surface area contributed by atoms with E-state index in [0.717, 1.165) is 4.65 Å². The van der Waals surface area contributed by atoms with E-state index in [2.05, 4.69) is 7.05 Å². The number of epoxide rings is 1. The van der Waals surface area contributed by atoms with Crippen molar-refractivity contribution in [1.82, 2.24) is 0 Å². The van der Waals surface area contributed by atoms with Crippen molar-refractivity contribution in [1.29, 1.82) is 0 Å². The Morgan fingerprint density at radius 2 is 1.82 bits per heavy atom. The van der Waals surface area contributed by atoms with E-state index < -0.39 is 0 Å². The van der Waals surface area contributed by atoms with Crippen LogP contribution in [0.1, 0.15) is 12.8 Å². The number of hydrogen-bond acceptors (Lipinski definition) is 2. The summed E-state index contributed by atoms with van der Waals surface area (Å²) in [5.74, 6) is 0. The molecule has 0 amide bonds. The third-order valence-corrected chi connectivity index (χ3v) is 4.02. The third kappa shape index (κ3) is 0.406. The predicted molar refractivity (Wildman–Crippen MR) is 36.5 cm³/mol. The molecular formula is C8H12NO2+. The van der Waals surface area contributed by atoms with Crippen LogP contribution in [0.2, 0.25) is 0 Å². The lowest BCUT2D eigenvalue weighted by Gasteiger charge is -2.30. The maximum Gasteiger partial charge on any atom is 0.151 e. The fraction of sp³-hybridized carbons (Fsp3) is 1.00. The highest BCUT2D eigenvalue weighted by Gasteiger charge is 2.78. The van der Waals surface area contributed by atoms with Gasteiger partial charge in [-0.05, 0) is 0 Å². The molecule has 0 radical (unpaired) electrons. The molecule has 60 valence electrons. The van der Waals surface area contributed by atoms with Crippen LogP contribution in [0.4, 0.5) is 0 Å². The van der Waals surface area contributed by atoms with Crippen molar-refractivity contribution in [2.75, 3.05) is 7.05 Å². The Balaban J connectivity index is 1.92. The molecule has 0 unspecified atom stereocenters. The summed E-state index contributed by atoms with van der Waals surface area (Å²) >= 11 is 0. The summed E-state index contributed by atoms with van der Waals surface area (Å²) in [5.41, 5.74) is 0. The second kappa shape index (κ2) is 1.26. The summed E-state index contributed by atoms with van der Waals surface area (Å²) in [6, 6.07) is 1.37. The zero-order valence-corrected chi connectivity index (χ0v) is 6.56. The number of hydrogen-bond donors (Lipinski definition) is 0. The van der Waals surface area contributed by atoms with Gasteiger partial charge in [-0.3, -0.25) is 0 Å². The summed E-state index contributed by atoms with van der Waals surface area (Å²) in [6.45, 7) is 0. The quantitative estimate of drug-likeness (QED) is 0.363. The molecule has 0 saturated carbocycles. The Kier molecular flexibility index (Phi) is 0.631. The van der Waals surface area contributed by atoms with Gasteiger partial charge >= 0.3 is 0 Å². The minimum absolute atomic E-state index is 0.561. The van der Waals surface area contributed by atoms with Crippen LogP contribution in [0.5, 0.6) is 0 Å². The normalized spacial score (nSPS) is 75.5. The molecule has 0 aromatic heterocycles. The lowest BCUT2D eigenvalue weighted by Crippen LogP contribution is -2.51. The highest BCUT2D eigenvalue weighted by atomic mass is 16.8. The molecule has 4 heterocycles. The van der Waals surface area contributed by atoms with Gasteiger partial charge in [0.2, 0.25) is 0 Å². The van der Waals surface area contributed by atoms with Crippen LogP contribution in [0.3, 0.4) is 0 Å². The van der Waals surface area contributed by atoms with Crippen molar-refractivity contribution in [2.45, 2.75) is 43.2 Å². The lowest BCUT2D eigenvalue weighted by atomic mass is 10.0. The average Bonchev–Trinajstić information content (AvgIpc) is 2.52. The number of likely N-dealkylation sites (N-methyl/N-ethyl adjacent to an activating group) is 1. The molecule has 0 aliphatic carbocycles. The molecule has 4 fully saturated rings. The van der Waals surface area contributed by atoms with E-state index in [1.54, 1.807) is 0 Å². The number of hydroxylamine groups is 3. The number of morpholine rings is 1. The van der Waals surface area contributed by atoms with E-state index in [0.29, 0.717) is 30.4 Å². The monoisotopic (exact) mass is 154 g/mol. The summed E-state index contributed by atoms with van der Waals surface area (Å²) in [6.07, 6.45) is 4.18. The van der Waals surface area contributed by atoms with E-state index in [9.17, 15) is 0 Å². The standard InChI is InChI=1S/C8H12NO2/c1-9-5-2-4(11-9)3-6(9)8-7(5)10-8/h4-8H,2-3H2,1H3/q+1/t4?,5-,6-,7+,8+,9?/m0/s1. The van der Waals surface area contributed by atoms with Gasteiger partial charge in [-0.15, -0.1) is 0 Å². The number of piperidine rings is 1. The molecule has 0 N–H and O–H groups in total. The Morgan fingerprint density at radius 3 is 2.27 bits per heavy atom. The first kappa shape index (κ1) is 5.51. The minimum Gasteiger partial charge on any atom is -0.356 e. The van der Waals surface area contributed by atoms with Gasteiger partial charge in [0.05, 0.1) is 7.05 Å². The summed E-state index contributed by atoms with van der Waals surface area (Å²) in [7, 11) is 2.23. The highest BCUT2D eigenvalue weighted by molar-refractivity contribution is 5.09. The number of nitrogens with zero attached hydrogens (tertiary/aromatic N) is 1. The van der Waals surface area contributed by atoms with Gasteiger partial charge in [0.15, 0.2) is 12.1 Å². The average molecular weight is 154 g/mol. The van der Waals surface area contributed by atoms with Gasteiger partial charge < -0.3 is 4.74 Å². The molecule has 4 saturated heterocycles. The van der Waals surface area contributed by atoms with E-state index in [1.807, 2.05) is 0 Å². The first-order valence-electron chi connectivity index (χ1n) is 4.49. The Bertz CT molecular complexity index is 224. The Morgan fingerprint density at radius 1 is 1.18 bits per heavy atom. The Labute approximate surface area is 65.4 Å². The smallest absolute Gasteiger partial charge is 0.151 e. The second-order valence-electron chi connectivity index (χ2n) is 4.46. The van der Waals surface area contributed by atoms with Crippen molar-refractivity contribution >= 4 is 0 Å². The summed E-state index contributed by atoms with van der Waals surface area (Å²) in [4.78, 5) is 5.91. The minimum atomic E-state index is 0.561. The van der Waals surface area contributed by atoms with Crippen molar-refractivity contribution in [3.63, 3.8) is 0 Å². The maximum absolute atomic E-state index is 5.91. The molecule has 11 heavy (non-hydrogen) atoms. The molecule has 3 heteroatoms. The van der Waals surface area contributed by atoms with E-state index in [1.165, 1.54) is 12.8 Å². The molecular weight excluding hydrogens is 142 g/mol. The number of quaternary nitrogens is 1. The van der Waals surface area contributed by atoms with Crippen LogP contribution in [0.15, 0.2) is 0 Å². The van der Waals surface area contributed by atoms with Gasteiger partial charge in [-0.2, -0.15) is 9.48 Å². The molecule has 3 nitrogen and oxygen atoms in total.